The summed E-state index contributed by atoms with van der Waals surface area (Å²) in [7, 11) is 4.91. The molecule has 0 aliphatic heterocycles. The topological polar surface area (TPSA) is 59.5 Å². The first-order valence-corrected chi connectivity index (χ1v) is 4.97. The summed E-state index contributed by atoms with van der Waals surface area (Å²) in [5.74, 6) is -0.722. The molecule has 0 radical (unpaired) electrons. The normalized spacial score (nSPS) is 10.3. The molecular weight excluding hydrogens is 220 g/mol. The average molecular weight is 234 g/mol. The fourth-order valence-corrected chi connectivity index (χ4v) is 1.12. The zero-order valence-corrected chi connectivity index (χ0v) is 10.0. The molecule has 0 aliphatic rings. The number of hydrogen-bond acceptors (Lipinski definition) is 5. The van der Waals surface area contributed by atoms with Crippen LogP contribution in [-0.2, 0) is 4.74 Å². The Balaban J connectivity index is 2.92. The Morgan fingerprint density at radius 3 is 2.53 bits per heavy atom. The zero-order chi connectivity index (χ0) is 12.8. The molecule has 0 atom stereocenters. The van der Waals surface area contributed by atoms with Gasteiger partial charge in [0.05, 0.1) is 12.7 Å². The highest BCUT2D eigenvalue weighted by Crippen LogP contribution is 2.06. The molecule has 5 heteroatoms. The van der Waals surface area contributed by atoms with E-state index in [2.05, 4.69) is 9.72 Å². The number of esters is 1. The molecule has 90 valence electrons. The van der Waals surface area contributed by atoms with Gasteiger partial charge in [-0.25, -0.2) is 4.79 Å². The van der Waals surface area contributed by atoms with Gasteiger partial charge < -0.3 is 9.64 Å². The van der Waals surface area contributed by atoms with Crippen molar-refractivity contribution in [3.05, 3.63) is 41.9 Å². The second kappa shape index (κ2) is 5.79. The van der Waals surface area contributed by atoms with E-state index in [9.17, 15) is 9.59 Å². The number of methoxy groups -OCH3 is 1. The van der Waals surface area contributed by atoms with E-state index in [0.717, 1.165) is 0 Å². The van der Waals surface area contributed by atoms with Gasteiger partial charge in [0.15, 0.2) is 5.78 Å². The summed E-state index contributed by atoms with van der Waals surface area (Å²) in [6, 6.07) is 1.46. The molecule has 0 aromatic carbocycles. The van der Waals surface area contributed by atoms with Crippen LogP contribution in [0.25, 0.3) is 0 Å². The molecule has 1 aromatic heterocycles. The van der Waals surface area contributed by atoms with Crippen molar-refractivity contribution in [1.82, 2.24) is 9.88 Å². The average Bonchev–Trinajstić information content (AvgIpc) is 2.35. The van der Waals surface area contributed by atoms with E-state index in [1.807, 2.05) is 14.1 Å². The minimum Gasteiger partial charge on any atom is -0.465 e. The second-order valence-electron chi connectivity index (χ2n) is 3.60. The lowest BCUT2D eigenvalue weighted by atomic mass is 10.1. The Morgan fingerprint density at radius 2 is 1.94 bits per heavy atom. The number of pyridine rings is 1. The number of carbonyl (C=O) groups is 2. The van der Waals surface area contributed by atoms with Crippen LogP contribution in [0, 0.1) is 0 Å². The van der Waals surface area contributed by atoms with Crippen molar-refractivity contribution in [3.63, 3.8) is 0 Å². The van der Waals surface area contributed by atoms with Crippen molar-refractivity contribution >= 4 is 11.8 Å². The molecule has 0 spiro atoms. The molecule has 1 rings (SSSR count). The van der Waals surface area contributed by atoms with Gasteiger partial charge in [0, 0.05) is 44.3 Å². The smallest absolute Gasteiger partial charge is 0.339 e. The number of ether oxygens (including phenoxy) is 1. The van der Waals surface area contributed by atoms with Crippen LogP contribution in [0.3, 0.4) is 0 Å². The first-order valence-electron chi connectivity index (χ1n) is 4.97. The van der Waals surface area contributed by atoms with Crippen molar-refractivity contribution in [2.75, 3.05) is 21.2 Å². The third-order valence-corrected chi connectivity index (χ3v) is 1.97. The maximum absolute atomic E-state index is 11.7. The number of hydrogen-bond donors (Lipinski definition) is 0. The van der Waals surface area contributed by atoms with Gasteiger partial charge in [-0.1, -0.05) is 0 Å². The Hall–Kier alpha value is -2.17. The number of ketones is 1. The number of rotatable bonds is 4. The van der Waals surface area contributed by atoms with Gasteiger partial charge in [0.1, 0.15) is 0 Å². The minimum absolute atomic E-state index is 0.211. The van der Waals surface area contributed by atoms with E-state index < -0.39 is 5.97 Å². The minimum atomic E-state index is -0.510. The fraction of sp³-hybridized carbons (Fsp3) is 0.250. The highest BCUT2D eigenvalue weighted by molar-refractivity contribution is 6.05. The summed E-state index contributed by atoms with van der Waals surface area (Å²) >= 11 is 0. The van der Waals surface area contributed by atoms with E-state index in [1.54, 1.807) is 11.1 Å². The zero-order valence-electron chi connectivity index (χ0n) is 10.0. The Bertz CT molecular complexity index is 453. The van der Waals surface area contributed by atoms with Crippen LogP contribution in [0.1, 0.15) is 20.7 Å². The van der Waals surface area contributed by atoms with Crippen molar-refractivity contribution in [2.45, 2.75) is 0 Å². The van der Waals surface area contributed by atoms with Crippen LogP contribution in [0.4, 0.5) is 0 Å². The molecule has 0 unspecified atom stereocenters. The van der Waals surface area contributed by atoms with Gasteiger partial charge in [-0.2, -0.15) is 0 Å². The predicted octanol–water partition coefficient (Wildman–Crippen LogP) is 1.13. The van der Waals surface area contributed by atoms with Crippen molar-refractivity contribution in [1.29, 1.82) is 0 Å². The van der Waals surface area contributed by atoms with E-state index in [0.29, 0.717) is 5.56 Å². The number of carbonyl (C=O) groups excluding carboxylic acids is 2. The number of nitrogens with zero attached hydrogens (tertiary/aromatic N) is 2. The highest BCUT2D eigenvalue weighted by Gasteiger charge is 2.09. The van der Waals surface area contributed by atoms with E-state index in [1.165, 1.54) is 31.6 Å². The number of aromatic nitrogens is 1. The third kappa shape index (κ3) is 3.71. The van der Waals surface area contributed by atoms with Gasteiger partial charge in [-0.15, -0.1) is 0 Å². The monoisotopic (exact) mass is 234 g/mol. The lowest BCUT2D eigenvalue weighted by molar-refractivity contribution is 0.0600. The van der Waals surface area contributed by atoms with Gasteiger partial charge in [0.25, 0.3) is 0 Å². The lowest BCUT2D eigenvalue weighted by Crippen LogP contribution is -2.06. The molecule has 0 aliphatic carbocycles. The van der Waals surface area contributed by atoms with E-state index >= 15 is 0 Å². The lowest BCUT2D eigenvalue weighted by Gasteiger charge is -2.03. The highest BCUT2D eigenvalue weighted by atomic mass is 16.5. The summed E-state index contributed by atoms with van der Waals surface area (Å²) < 4.78 is 4.55. The molecule has 1 aromatic rings. The van der Waals surface area contributed by atoms with Crippen molar-refractivity contribution in [2.24, 2.45) is 0 Å². The molecule has 0 saturated carbocycles. The van der Waals surface area contributed by atoms with Crippen LogP contribution in [0.5, 0.6) is 0 Å². The molecule has 0 N–H and O–H groups in total. The van der Waals surface area contributed by atoms with Gasteiger partial charge in [0.2, 0.25) is 0 Å². The quantitative estimate of drug-likeness (QED) is 0.444. The largest absolute Gasteiger partial charge is 0.465 e. The Morgan fingerprint density at radius 1 is 1.29 bits per heavy atom. The summed E-state index contributed by atoms with van der Waals surface area (Å²) in [6.07, 6.45) is 5.82. The second-order valence-corrected chi connectivity index (χ2v) is 3.60. The standard InChI is InChI=1S/C12H14N2O3/c1-14(2)5-4-11(15)9-6-10(8-13-7-9)12(16)17-3/h4-8H,1-3H3/b5-4+. The first kappa shape index (κ1) is 12.9. The SMILES string of the molecule is COC(=O)c1cncc(C(=O)/C=C/N(C)C)c1. The Labute approximate surface area is 99.7 Å². The Kier molecular flexibility index (Phi) is 4.39. The summed E-state index contributed by atoms with van der Waals surface area (Å²) in [4.78, 5) is 28.5. The van der Waals surface area contributed by atoms with Gasteiger partial charge >= 0.3 is 5.97 Å². The van der Waals surface area contributed by atoms with E-state index in [4.69, 9.17) is 0 Å². The van der Waals surface area contributed by atoms with Crippen LogP contribution < -0.4 is 0 Å². The molecule has 0 saturated heterocycles. The summed E-state index contributed by atoms with van der Waals surface area (Å²) in [5.41, 5.74) is 0.614. The van der Waals surface area contributed by atoms with Crippen LogP contribution in [0.2, 0.25) is 0 Å². The molecule has 5 nitrogen and oxygen atoms in total. The maximum atomic E-state index is 11.7. The molecule has 0 bridgehead atoms. The third-order valence-electron chi connectivity index (χ3n) is 1.97. The van der Waals surface area contributed by atoms with Crippen LogP contribution >= 0.6 is 0 Å². The van der Waals surface area contributed by atoms with E-state index in [-0.39, 0.29) is 11.3 Å². The molecular formula is C12H14N2O3. The van der Waals surface area contributed by atoms with Crippen molar-refractivity contribution in [3.8, 4) is 0 Å². The fourth-order valence-electron chi connectivity index (χ4n) is 1.12. The van der Waals surface area contributed by atoms with Gasteiger partial charge in [-0.05, 0) is 6.07 Å². The summed E-state index contributed by atoms with van der Waals surface area (Å²) in [6.45, 7) is 0. The summed E-state index contributed by atoms with van der Waals surface area (Å²) in [5, 5.41) is 0. The maximum Gasteiger partial charge on any atom is 0.339 e. The molecule has 0 amide bonds. The number of allylic oxidation sites excluding steroid dienone is 1. The predicted molar refractivity (Wildman–Crippen MR) is 62.7 cm³/mol. The molecule has 1 heterocycles. The molecule has 0 fully saturated rings. The van der Waals surface area contributed by atoms with Gasteiger partial charge in [-0.3, -0.25) is 9.78 Å². The van der Waals surface area contributed by atoms with Crippen LogP contribution in [0.15, 0.2) is 30.7 Å². The molecule has 17 heavy (non-hydrogen) atoms. The first-order chi connectivity index (χ1) is 8.04. The van der Waals surface area contributed by atoms with Crippen molar-refractivity contribution < 1.29 is 14.3 Å². The van der Waals surface area contributed by atoms with Crippen LogP contribution in [-0.4, -0.2) is 42.8 Å².